The van der Waals surface area contributed by atoms with E-state index in [-0.39, 0.29) is 16.7 Å². The average Bonchev–Trinajstić information content (AvgIpc) is 2.65. The molecule has 0 spiro atoms. The number of halogens is 1. The van der Waals surface area contributed by atoms with Gasteiger partial charge in [-0.2, -0.15) is 0 Å². The molecule has 0 radical (unpaired) electrons. The fourth-order valence-electron chi connectivity index (χ4n) is 2.39. The molecule has 1 aromatic heterocycles. The molecular weight excluding hydrogens is 343 g/mol. The molecule has 0 amide bonds. The van der Waals surface area contributed by atoms with E-state index in [1.54, 1.807) is 18.2 Å². The number of ether oxygens (including phenoxy) is 2. The highest BCUT2D eigenvalue weighted by molar-refractivity contribution is 6.00. The fraction of sp³-hybridized carbons (Fsp3) is 0.105. The third-order valence-corrected chi connectivity index (χ3v) is 3.67. The molecular formula is C19H13FO6. The summed E-state index contributed by atoms with van der Waals surface area (Å²) in [5.74, 6) is -2.13. The zero-order valence-electron chi connectivity index (χ0n) is 13.7. The van der Waals surface area contributed by atoms with Gasteiger partial charge in [0, 0.05) is 5.39 Å². The first-order valence-electron chi connectivity index (χ1n) is 7.57. The Bertz CT molecular complexity index is 1050. The van der Waals surface area contributed by atoms with Crippen molar-refractivity contribution in [2.45, 2.75) is 0 Å². The highest BCUT2D eigenvalue weighted by Crippen LogP contribution is 2.24. The third-order valence-electron chi connectivity index (χ3n) is 3.67. The van der Waals surface area contributed by atoms with Gasteiger partial charge in [-0.25, -0.2) is 14.0 Å². The summed E-state index contributed by atoms with van der Waals surface area (Å²) in [6, 6.07) is 11.5. The molecule has 0 unspecified atom stereocenters. The van der Waals surface area contributed by atoms with Crippen LogP contribution >= 0.6 is 0 Å². The summed E-state index contributed by atoms with van der Waals surface area (Å²) in [5.41, 5.74) is -1.30. The summed E-state index contributed by atoms with van der Waals surface area (Å²) in [4.78, 5) is 36.1. The average molecular weight is 356 g/mol. The van der Waals surface area contributed by atoms with Crippen molar-refractivity contribution < 1.29 is 27.9 Å². The van der Waals surface area contributed by atoms with Gasteiger partial charge in [0.05, 0.1) is 12.7 Å². The molecule has 0 atom stereocenters. The topological polar surface area (TPSA) is 82.8 Å². The van der Waals surface area contributed by atoms with Crippen LogP contribution < -0.4 is 10.4 Å². The van der Waals surface area contributed by atoms with Crippen molar-refractivity contribution in [2.75, 3.05) is 13.7 Å². The Balaban J connectivity index is 1.82. The van der Waals surface area contributed by atoms with E-state index in [1.165, 1.54) is 31.4 Å². The van der Waals surface area contributed by atoms with E-state index >= 15 is 0 Å². The van der Waals surface area contributed by atoms with E-state index < -0.39 is 29.8 Å². The Kier molecular flexibility index (Phi) is 4.79. The summed E-state index contributed by atoms with van der Waals surface area (Å²) in [5, 5.41) is 0.455. The van der Waals surface area contributed by atoms with Crippen LogP contribution in [0.2, 0.25) is 0 Å². The predicted molar refractivity (Wildman–Crippen MR) is 90.0 cm³/mol. The van der Waals surface area contributed by atoms with Crippen LogP contribution in [0.5, 0.6) is 5.75 Å². The lowest BCUT2D eigenvalue weighted by Gasteiger charge is -2.06. The monoisotopic (exact) mass is 356 g/mol. The second kappa shape index (κ2) is 7.18. The van der Waals surface area contributed by atoms with Crippen molar-refractivity contribution in [1.29, 1.82) is 0 Å². The number of hydrogen-bond acceptors (Lipinski definition) is 6. The summed E-state index contributed by atoms with van der Waals surface area (Å²) < 4.78 is 28.6. The predicted octanol–water partition coefficient (Wildman–Crippen LogP) is 2.98. The number of benzene rings is 2. The first-order valence-corrected chi connectivity index (χ1v) is 7.57. The first kappa shape index (κ1) is 17.3. The molecule has 0 N–H and O–H groups in total. The number of para-hydroxylation sites is 1. The first-order chi connectivity index (χ1) is 12.5. The van der Waals surface area contributed by atoms with Gasteiger partial charge in [-0.05, 0) is 24.3 Å². The summed E-state index contributed by atoms with van der Waals surface area (Å²) in [6.45, 7) is -0.699. The number of Topliss-reactive ketones (excluding diaryl/α,β-unsaturated/α-hetero) is 1. The van der Waals surface area contributed by atoms with Crippen molar-refractivity contribution in [3.05, 3.63) is 75.9 Å². The van der Waals surface area contributed by atoms with Crippen LogP contribution in [0.15, 0.2) is 57.7 Å². The van der Waals surface area contributed by atoms with Gasteiger partial charge in [0.1, 0.15) is 11.4 Å². The second-order valence-corrected chi connectivity index (χ2v) is 5.31. The number of methoxy groups -OCH3 is 1. The van der Waals surface area contributed by atoms with E-state index in [0.717, 1.165) is 6.07 Å². The van der Waals surface area contributed by atoms with Crippen LogP contribution in [-0.2, 0) is 4.74 Å². The lowest BCUT2D eigenvalue weighted by Crippen LogP contribution is -2.20. The lowest BCUT2D eigenvalue weighted by molar-refractivity contribution is 0.0469. The SMILES string of the molecule is COc1cccc2cc(C(=O)OCC(=O)c3ccccc3F)c(=O)oc12. The molecule has 6 nitrogen and oxygen atoms in total. The Morgan fingerprint density at radius 3 is 2.58 bits per heavy atom. The van der Waals surface area contributed by atoms with E-state index in [0.29, 0.717) is 11.1 Å². The largest absolute Gasteiger partial charge is 0.493 e. The molecule has 26 heavy (non-hydrogen) atoms. The quantitative estimate of drug-likeness (QED) is 0.397. The second-order valence-electron chi connectivity index (χ2n) is 5.31. The normalized spacial score (nSPS) is 10.5. The molecule has 0 aliphatic carbocycles. The van der Waals surface area contributed by atoms with Gasteiger partial charge < -0.3 is 13.9 Å². The molecule has 0 aliphatic rings. The van der Waals surface area contributed by atoms with E-state index in [4.69, 9.17) is 13.9 Å². The standard InChI is InChI=1S/C19H13FO6/c1-24-16-8-4-5-11-9-13(19(23)26-17(11)16)18(22)25-10-15(21)12-6-2-3-7-14(12)20/h2-9H,10H2,1H3. The van der Waals surface area contributed by atoms with Crippen LogP contribution in [0.1, 0.15) is 20.7 Å². The fourth-order valence-corrected chi connectivity index (χ4v) is 2.39. The minimum atomic E-state index is -1.03. The Morgan fingerprint density at radius 1 is 1.08 bits per heavy atom. The van der Waals surface area contributed by atoms with E-state index in [1.807, 2.05) is 0 Å². The number of fused-ring (bicyclic) bond motifs is 1. The molecule has 0 aliphatic heterocycles. The number of carbonyl (C=O) groups excluding carboxylic acids is 2. The number of carbonyl (C=O) groups is 2. The maximum atomic E-state index is 13.6. The lowest BCUT2D eigenvalue weighted by atomic mass is 10.1. The number of rotatable bonds is 5. The van der Waals surface area contributed by atoms with Gasteiger partial charge in [-0.15, -0.1) is 0 Å². The van der Waals surface area contributed by atoms with Gasteiger partial charge in [-0.3, -0.25) is 4.79 Å². The molecule has 0 saturated carbocycles. The third kappa shape index (κ3) is 3.32. The van der Waals surface area contributed by atoms with Gasteiger partial charge in [0.25, 0.3) is 0 Å². The minimum absolute atomic E-state index is 0.194. The van der Waals surface area contributed by atoms with Crippen LogP contribution in [0.25, 0.3) is 11.0 Å². The van der Waals surface area contributed by atoms with Crippen molar-refractivity contribution >= 4 is 22.7 Å². The van der Waals surface area contributed by atoms with Crippen LogP contribution in [0.3, 0.4) is 0 Å². The zero-order valence-corrected chi connectivity index (χ0v) is 13.7. The minimum Gasteiger partial charge on any atom is -0.493 e. The summed E-state index contributed by atoms with van der Waals surface area (Å²) in [7, 11) is 1.42. The molecule has 7 heteroatoms. The Hall–Kier alpha value is -3.48. The van der Waals surface area contributed by atoms with E-state index in [2.05, 4.69) is 0 Å². The van der Waals surface area contributed by atoms with Gasteiger partial charge in [-0.1, -0.05) is 24.3 Å². The molecule has 3 aromatic rings. The van der Waals surface area contributed by atoms with Crippen LogP contribution in [-0.4, -0.2) is 25.5 Å². The smallest absolute Gasteiger partial charge is 0.351 e. The number of ketones is 1. The maximum absolute atomic E-state index is 13.6. The van der Waals surface area contributed by atoms with Gasteiger partial charge in [0.2, 0.25) is 5.78 Å². The Morgan fingerprint density at radius 2 is 1.85 bits per heavy atom. The highest BCUT2D eigenvalue weighted by atomic mass is 19.1. The van der Waals surface area contributed by atoms with Crippen LogP contribution in [0.4, 0.5) is 4.39 Å². The van der Waals surface area contributed by atoms with Crippen molar-refractivity contribution in [3.63, 3.8) is 0 Å². The zero-order chi connectivity index (χ0) is 18.7. The van der Waals surface area contributed by atoms with Gasteiger partial charge >= 0.3 is 11.6 Å². The molecule has 0 saturated heterocycles. The summed E-state index contributed by atoms with van der Waals surface area (Å²) in [6.07, 6.45) is 0. The van der Waals surface area contributed by atoms with Gasteiger partial charge in [0.15, 0.2) is 17.9 Å². The van der Waals surface area contributed by atoms with Crippen molar-refractivity contribution in [2.24, 2.45) is 0 Å². The number of esters is 1. The van der Waals surface area contributed by atoms with E-state index in [9.17, 15) is 18.8 Å². The molecule has 3 rings (SSSR count). The van der Waals surface area contributed by atoms with Crippen LogP contribution in [0, 0.1) is 5.82 Å². The molecule has 0 bridgehead atoms. The molecule has 2 aromatic carbocycles. The maximum Gasteiger partial charge on any atom is 0.351 e. The highest BCUT2D eigenvalue weighted by Gasteiger charge is 2.19. The Labute approximate surface area is 146 Å². The van der Waals surface area contributed by atoms with Crippen molar-refractivity contribution in [3.8, 4) is 5.75 Å². The van der Waals surface area contributed by atoms with Crippen molar-refractivity contribution in [1.82, 2.24) is 0 Å². The molecule has 132 valence electrons. The number of hydrogen-bond donors (Lipinski definition) is 0. The summed E-state index contributed by atoms with van der Waals surface area (Å²) >= 11 is 0. The molecule has 1 heterocycles. The molecule has 0 fully saturated rings.